The van der Waals surface area contributed by atoms with Crippen LogP contribution in [0.2, 0.25) is 0 Å². The first-order valence-corrected chi connectivity index (χ1v) is 7.72. The Bertz CT molecular complexity index is 491. The van der Waals surface area contributed by atoms with E-state index in [1.165, 1.54) is 21.8 Å². The van der Waals surface area contributed by atoms with Crippen LogP contribution in [0.3, 0.4) is 0 Å². The number of hydrogen-bond acceptors (Lipinski definition) is 5. The molecule has 5 nitrogen and oxygen atoms in total. The van der Waals surface area contributed by atoms with Crippen molar-refractivity contribution in [3.05, 3.63) is 11.2 Å². The van der Waals surface area contributed by atoms with Crippen LogP contribution in [-0.4, -0.2) is 42.5 Å². The Morgan fingerprint density at radius 1 is 1.59 bits per heavy atom. The molecule has 1 N–H and O–H groups in total. The number of aliphatic hydroxyl groups excluding tert-OH is 1. The monoisotopic (exact) mass is 276 g/mol. The van der Waals surface area contributed by atoms with Crippen LogP contribution in [0.1, 0.15) is 17.8 Å². The number of nitrogens with zero attached hydrogens (tertiary/aromatic N) is 2. The van der Waals surface area contributed by atoms with E-state index in [-0.39, 0.29) is 16.2 Å². The summed E-state index contributed by atoms with van der Waals surface area (Å²) in [7, 11) is -1.82. The number of aromatic nitrogens is 1. The van der Waals surface area contributed by atoms with Crippen molar-refractivity contribution in [1.29, 1.82) is 0 Å². The van der Waals surface area contributed by atoms with Crippen molar-refractivity contribution >= 4 is 21.4 Å². The predicted octanol–water partition coefficient (Wildman–Crippen LogP) is 0.843. The highest BCUT2D eigenvalue weighted by Crippen LogP contribution is 2.30. The molecule has 1 fully saturated rings. The van der Waals surface area contributed by atoms with Gasteiger partial charge >= 0.3 is 0 Å². The molecule has 1 aromatic rings. The molecule has 17 heavy (non-hydrogen) atoms. The first kappa shape index (κ1) is 12.9. The van der Waals surface area contributed by atoms with Gasteiger partial charge in [-0.2, -0.15) is 4.31 Å². The smallest absolute Gasteiger partial charge is 0.253 e. The first-order chi connectivity index (χ1) is 7.89. The Kier molecular flexibility index (Phi) is 3.53. The lowest BCUT2D eigenvalue weighted by Gasteiger charge is -2.33. The lowest BCUT2D eigenvalue weighted by atomic mass is 9.82. The zero-order valence-electron chi connectivity index (χ0n) is 9.83. The summed E-state index contributed by atoms with van der Waals surface area (Å²) in [6.07, 6.45) is 2.55. The van der Waals surface area contributed by atoms with E-state index in [1.807, 2.05) is 0 Å². The minimum absolute atomic E-state index is 0.248. The third-order valence-corrected chi connectivity index (χ3v) is 6.16. The van der Waals surface area contributed by atoms with E-state index in [9.17, 15) is 13.5 Å². The second kappa shape index (κ2) is 4.64. The van der Waals surface area contributed by atoms with E-state index in [0.717, 1.165) is 5.01 Å². The molecular weight excluding hydrogens is 260 g/mol. The van der Waals surface area contributed by atoms with E-state index in [0.29, 0.717) is 19.4 Å². The van der Waals surface area contributed by atoms with Gasteiger partial charge in [-0.1, -0.05) is 0 Å². The SMILES string of the molecule is Cc1ncc(S(=O)(=O)N(C)CC2CC(O)C2)s1. The molecule has 0 atom stereocenters. The van der Waals surface area contributed by atoms with Crippen LogP contribution in [0, 0.1) is 12.8 Å². The highest BCUT2D eigenvalue weighted by Gasteiger charge is 2.32. The van der Waals surface area contributed by atoms with Crippen molar-refractivity contribution < 1.29 is 13.5 Å². The molecule has 2 rings (SSSR count). The topological polar surface area (TPSA) is 70.5 Å². The summed E-state index contributed by atoms with van der Waals surface area (Å²) in [5.74, 6) is 0.277. The molecule has 0 unspecified atom stereocenters. The molecule has 0 aliphatic heterocycles. The molecule has 1 heterocycles. The molecule has 96 valence electrons. The fourth-order valence-electron chi connectivity index (χ4n) is 1.93. The number of sulfonamides is 1. The molecule has 0 radical (unpaired) electrons. The third-order valence-electron chi connectivity index (χ3n) is 2.99. The molecule has 7 heteroatoms. The maximum absolute atomic E-state index is 12.1. The highest BCUT2D eigenvalue weighted by atomic mass is 32.2. The van der Waals surface area contributed by atoms with Crippen LogP contribution in [0.5, 0.6) is 0 Å². The highest BCUT2D eigenvalue weighted by molar-refractivity contribution is 7.91. The lowest BCUT2D eigenvalue weighted by molar-refractivity contribution is 0.0367. The first-order valence-electron chi connectivity index (χ1n) is 5.46. The number of aryl methyl sites for hydroxylation is 1. The molecule has 1 aliphatic rings. The molecule has 0 saturated heterocycles. The fraction of sp³-hybridized carbons (Fsp3) is 0.700. The Labute approximate surface area is 105 Å². The van der Waals surface area contributed by atoms with Crippen LogP contribution < -0.4 is 0 Å². The van der Waals surface area contributed by atoms with Crippen molar-refractivity contribution in [3.8, 4) is 0 Å². The minimum atomic E-state index is -3.40. The molecule has 0 amide bonds. The predicted molar refractivity (Wildman–Crippen MR) is 65.4 cm³/mol. The maximum atomic E-state index is 12.1. The van der Waals surface area contributed by atoms with Gasteiger partial charge in [0, 0.05) is 13.6 Å². The summed E-state index contributed by atoms with van der Waals surface area (Å²) in [5.41, 5.74) is 0. The van der Waals surface area contributed by atoms with Crippen LogP contribution in [0.25, 0.3) is 0 Å². The average Bonchev–Trinajstić information content (AvgIpc) is 2.63. The Balaban J connectivity index is 2.05. The van der Waals surface area contributed by atoms with E-state index >= 15 is 0 Å². The second-order valence-electron chi connectivity index (χ2n) is 4.48. The Morgan fingerprint density at radius 2 is 2.24 bits per heavy atom. The zero-order valence-corrected chi connectivity index (χ0v) is 11.5. The summed E-state index contributed by atoms with van der Waals surface area (Å²) in [6, 6.07) is 0. The van der Waals surface area contributed by atoms with Crippen molar-refractivity contribution in [2.75, 3.05) is 13.6 Å². The average molecular weight is 276 g/mol. The number of rotatable bonds is 4. The van der Waals surface area contributed by atoms with Crippen LogP contribution in [0.4, 0.5) is 0 Å². The molecule has 1 aliphatic carbocycles. The fourth-order valence-corrected chi connectivity index (χ4v) is 4.49. The molecule has 1 aromatic heterocycles. The van der Waals surface area contributed by atoms with Gasteiger partial charge in [0.05, 0.1) is 17.3 Å². The molecule has 1 saturated carbocycles. The third kappa shape index (κ3) is 2.67. The van der Waals surface area contributed by atoms with Gasteiger partial charge < -0.3 is 5.11 Å². The lowest BCUT2D eigenvalue weighted by Crippen LogP contribution is -2.39. The van der Waals surface area contributed by atoms with E-state index < -0.39 is 10.0 Å². The second-order valence-corrected chi connectivity index (χ2v) is 7.98. The summed E-state index contributed by atoms with van der Waals surface area (Å²) >= 11 is 1.19. The van der Waals surface area contributed by atoms with Gasteiger partial charge in [-0.3, -0.25) is 0 Å². The van der Waals surface area contributed by atoms with Crippen LogP contribution >= 0.6 is 11.3 Å². The molecular formula is C10H16N2O3S2. The van der Waals surface area contributed by atoms with Crippen molar-refractivity contribution in [2.45, 2.75) is 30.1 Å². The van der Waals surface area contributed by atoms with Gasteiger partial charge in [-0.05, 0) is 25.7 Å². The van der Waals surface area contributed by atoms with E-state index in [4.69, 9.17) is 0 Å². The number of hydrogen-bond donors (Lipinski definition) is 1. The maximum Gasteiger partial charge on any atom is 0.253 e. The Hall–Kier alpha value is -0.500. The Morgan fingerprint density at radius 3 is 2.71 bits per heavy atom. The standard InChI is InChI=1S/C10H16N2O3S2/c1-7-11-5-10(16-7)17(14,15)12(2)6-8-3-9(13)4-8/h5,8-9,13H,3-4,6H2,1-2H3. The van der Waals surface area contributed by atoms with E-state index in [1.54, 1.807) is 14.0 Å². The summed E-state index contributed by atoms with van der Waals surface area (Å²) in [5, 5.41) is 9.92. The van der Waals surface area contributed by atoms with Gasteiger partial charge in [-0.15, -0.1) is 11.3 Å². The van der Waals surface area contributed by atoms with E-state index in [2.05, 4.69) is 4.98 Å². The molecule has 0 bridgehead atoms. The van der Waals surface area contributed by atoms with Crippen LogP contribution in [-0.2, 0) is 10.0 Å². The summed E-state index contributed by atoms with van der Waals surface area (Å²) in [4.78, 5) is 3.96. The van der Waals surface area contributed by atoms with Gasteiger partial charge in [0.15, 0.2) is 4.21 Å². The van der Waals surface area contributed by atoms with Crippen LogP contribution in [0.15, 0.2) is 10.4 Å². The largest absolute Gasteiger partial charge is 0.393 e. The molecule has 0 aromatic carbocycles. The van der Waals surface area contributed by atoms with Gasteiger partial charge in [0.2, 0.25) is 0 Å². The molecule has 0 spiro atoms. The minimum Gasteiger partial charge on any atom is -0.393 e. The summed E-state index contributed by atoms with van der Waals surface area (Å²) < 4.78 is 25.9. The normalized spacial score (nSPS) is 24.9. The summed E-state index contributed by atoms with van der Waals surface area (Å²) in [6.45, 7) is 2.25. The van der Waals surface area contributed by atoms with Crippen molar-refractivity contribution in [2.24, 2.45) is 5.92 Å². The van der Waals surface area contributed by atoms with Gasteiger partial charge in [-0.25, -0.2) is 13.4 Å². The number of aliphatic hydroxyl groups is 1. The van der Waals surface area contributed by atoms with Crippen molar-refractivity contribution in [3.63, 3.8) is 0 Å². The number of thiazole rings is 1. The van der Waals surface area contributed by atoms with Gasteiger partial charge in [0.1, 0.15) is 0 Å². The zero-order chi connectivity index (χ0) is 12.6. The van der Waals surface area contributed by atoms with Gasteiger partial charge in [0.25, 0.3) is 10.0 Å². The van der Waals surface area contributed by atoms with Crippen molar-refractivity contribution in [1.82, 2.24) is 9.29 Å². The quantitative estimate of drug-likeness (QED) is 0.885.